The third kappa shape index (κ3) is 4.54. The second-order valence-corrected chi connectivity index (χ2v) is 4.48. The fourth-order valence-electron chi connectivity index (χ4n) is 1.36. The van der Waals surface area contributed by atoms with E-state index < -0.39 is 12.1 Å². The molecule has 1 atom stereocenters. The third-order valence-corrected chi connectivity index (χ3v) is 2.81. The Morgan fingerprint density at radius 3 is 2.71 bits per heavy atom. The van der Waals surface area contributed by atoms with Gasteiger partial charge in [0, 0.05) is 23.1 Å². The van der Waals surface area contributed by atoms with Crippen LogP contribution in [0.5, 0.6) is 0 Å². The topological polar surface area (TPSA) is 46.5 Å². The standard InChI is InChI=1S/C12H14Cl2O3/c1-2-5-17-11(12(15)16)6-8-3-4-9(13)7-10(8)14/h3-4,7,11H,2,5-6H2,1H3,(H,15,16). The minimum atomic E-state index is -0.982. The number of aliphatic carboxylic acids is 1. The van der Waals surface area contributed by atoms with Crippen molar-refractivity contribution in [3.05, 3.63) is 33.8 Å². The molecule has 1 aromatic rings. The zero-order chi connectivity index (χ0) is 12.8. The molecule has 5 heteroatoms. The number of hydrogen-bond donors (Lipinski definition) is 1. The number of carboxylic acid groups (broad SMARTS) is 1. The Kier molecular flexibility index (Phi) is 5.75. The second kappa shape index (κ2) is 6.84. The molecular formula is C12H14Cl2O3. The molecule has 1 unspecified atom stereocenters. The van der Waals surface area contributed by atoms with Crippen molar-refractivity contribution in [2.24, 2.45) is 0 Å². The molecule has 0 aliphatic rings. The maximum absolute atomic E-state index is 11.0. The molecule has 0 aromatic heterocycles. The van der Waals surface area contributed by atoms with Crippen LogP contribution in [0.1, 0.15) is 18.9 Å². The lowest BCUT2D eigenvalue weighted by Crippen LogP contribution is -2.26. The molecule has 0 aliphatic heterocycles. The van der Waals surface area contributed by atoms with Crippen LogP contribution in [0.2, 0.25) is 10.0 Å². The van der Waals surface area contributed by atoms with Crippen LogP contribution in [0, 0.1) is 0 Å². The van der Waals surface area contributed by atoms with Crippen LogP contribution >= 0.6 is 23.2 Å². The summed E-state index contributed by atoms with van der Waals surface area (Å²) in [5.41, 5.74) is 0.722. The molecule has 0 saturated carbocycles. The number of carbonyl (C=O) groups is 1. The van der Waals surface area contributed by atoms with E-state index in [4.69, 9.17) is 33.0 Å². The largest absolute Gasteiger partial charge is 0.479 e. The summed E-state index contributed by atoms with van der Waals surface area (Å²) < 4.78 is 5.25. The highest BCUT2D eigenvalue weighted by Crippen LogP contribution is 2.22. The first-order valence-electron chi connectivity index (χ1n) is 5.33. The Morgan fingerprint density at radius 1 is 1.47 bits per heavy atom. The Balaban J connectivity index is 2.75. The van der Waals surface area contributed by atoms with E-state index in [9.17, 15) is 4.79 Å². The third-order valence-electron chi connectivity index (χ3n) is 2.22. The summed E-state index contributed by atoms with van der Waals surface area (Å²) in [6, 6.07) is 4.99. The van der Waals surface area contributed by atoms with Crippen LogP contribution in [-0.2, 0) is 16.0 Å². The van der Waals surface area contributed by atoms with Crippen molar-refractivity contribution < 1.29 is 14.6 Å². The molecule has 1 N–H and O–H groups in total. The zero-order valence-corrected chi connectivity index (χ0v) is 11.0. The molecule has 0 bridgehead atoms. The maximum Gasteiger partial charge on any atom is 0.333 e. The van der Waals surface area contributed by atoms with Crippen LogP contribution in [0.25, 0.3) is 0 Å². The molecule has 17 heavy (non-hydrogen) atoms. The van der Waals surface area contributed by atoms with Gasteiger partial charge in [-0.25, -0.2) is 4.79 Å². The van der Waals surface area contributed by atoms with Gasteiger partial charge in [-0.3, -0.25) is 0 Å². The first kappa shape index (κ1) is 14.3. The van der Waals surface area contributed by atoms with E-state index in [-0.39, 0.29) is 6.42 Å². The van der Waals surface area contributed by atoms with Gasteiger partial charge in [0.2, 0.25) is 0 Å². The maximum atomic E-state index is 11.0. The highest BCUT2D eigenvalue weighted by Gasteiger charge is 2.19. The minimum absolute atomic E-state index is 0.241. The van der Waals surface area contributed by atoms with E-state index in [0.717, 1.165) is 12.0 Å². The molecule has 94 valence electrons. The van der Waals surface area contributed by atoms with E-state index in [2.05, 4.69) is 0 Å². The molecule has 0 aliphatic carbocycles. The van der Waals surface area contributed by atoms with Gasteiger partial charge in [0.15, 0.2) is 6.10 Å². The molecule has 3 nitrogen and oxygen atoms in total. The summed E-state index contributed by atoms with van der Waals surface area (Å²) >= 11 is 11.7. The second-order valence-electron chi connectivity index (χ2n) is 3.64. The van der Waals surface area contributed by atoms with Gasteiger partial charge in [-0.15, -0.1) is 0 Å². The SMILES string of the molecule is CCCOC(Cc1ccc(Cl)cc1Cl)C(=O)O. The van der Waals surface area contributed by atoms with Crippen LogP contribution in [0.4, 0.5) is 0 Å². The lowest BCUT2D eigenvalue weighted by atomic mass is 10.1. The Hall–Kier alpha value is -0.770. The molecule has 0 heterocycles. The first-order valence-corrected chi connectivity index (χ1v) is 6.08. The Labute approximate surface area is 110 Å². The highest BCUT2D eigenvalue weighted by atomic mass is 35.5. The van der Waals surface area contributed by atoms with E-state index in [0.29, 0.717) is 16.7 Å². The first-order chi connectivity index (χ1) is 8.04. The van der Waals surface area contributed by atoms with Gasteiger partial charge >= 0.3 is 5.97 Å². The van der Waals surface area contributed by atoms with Crippen LogP contribution in [0.3, 0.4) is 0 Å². The van der Waals surface area contributed by atoms with E-state index >= 15 is 0 Å². The molecular weight excluding hydrogens is 263 g/mol. The summed E-state index contributed by atoms with van der Waals surface area (Å²) in [6.45, 7) is 2.34. The van der Waals surface area contributed by atoms with Crippen molar-refractivity contribution in [2.45, 2.75) is 25.9 Å². The Bertz CT molecular complexity index is 393. The van der Waals surface area contributed by atoms with Crippen molar-refractivity contribution in [3.8, 4) is 0 Å². The number of hydrogen-bond acceptors (Lipinski definition) is 2. The van der Waals surface area contributed by atoms with Crippen molar-refractivity contribution >= 4 is 29.2 Å². The van der Waals surface area contributed by atoms with Crippen molar-refractivity contribution in [1.82, 2.24) is 0 Å². The van der Waals surface area contributed by atoms with Crippen molar-refractivity contribution in [2.75, 3.05) is 6.61 Å². The predicted molar refractivity (Wildman–Crippen MR) is 67.8 cm³/mol. The number of rotatable bonds is 6. The summed E-state index contributed by atoms with van der Waals surface area (Å²) in [5, 5.41) is 10.0. The average molecular weight is 277 g/mol. The molecule has 0 saturated heterocycles. The lowest BCUT2D eigenvalue weighted by molar-refractivity contribution is -0.150. The smallest absolute Gasteiger partial charge is 0.333 e. The normalized spacial score (nSPS) is 12.4. The van der Waals surface area contributed by atoms with Crippen LogP contribution < -0.4 is 0 Å². The summed E-state index contributed by atoms with van der Waals surface area (Å²) in [4.78, 5) is 11.0. The van der Waals surface area contributed by atoms with Crippen LogP contribution in [0.15, 0.2) is 18.2 Å². The highest BCUT2D eigenvalue weighted by molar-refractivity contribution is 6.35. The molecule has 0 fully saturated rings. The number of benzene rings is 1. The molecule has 0 spiro atoms. The number of carboxylic acids is 1. The summed E-state index contributed by atoms with van der Waals surface area (Å²) in [7, 11) is 0. The number of ether oxygens (including phenoxy) is 1. The van der Waals surface area contributed by atoms with E-state index in [1.54, 1.807) is 18.2 Å². The molecule has 1 aromatic carbocycles. The van der Waals surface area contributed by atoms with Gasteiger partial charge in [0.25, 0.3) is 0 Å². The quantitative estimate of drug-likeness (QED) is 0.866. The number of halogens is 2. The van der Waals surface area contributed by atoms with Gasteiger partial charge < -0.3 is 9.84 Å². The van der Waals surface area contributed by atoms with Gasteiger partial charge in [-0.05, 0) is 24.1 Å². The fraction of sp³-hybridized carbons (Fsp3) is 0.417. The van der Waals surface area contributed by atoms with Gasteiger partial charge in [-0.1, -0.05) is 36.2 Å². The molecule has 0 amide bonds. The zero-order valence-electron chi connectivity index (χ0n) is 9.45. The summed E-state index contributed by atoms with van der Waals surface area (Å²) in [5.74, 6) is -0.982. The van der Waals surface area contributed by atoms with Gasteiger partial charge in [0.05, 0.1) is 0 Å². The monoisotopic (exact) mass is 276 g/mol. The van der Waals surface area contributed by atoms with E-state index in [1.807, 2.05) is 6.92 Å². The van der Waals surface area contributed by atoms with Gasteiger partial charge in [-0.2, -0.15) is 0 Å². The average Bonchev–Trinajstić information content (AvgIpc) is 2.26. The van der Waals surface area contributed by atoms with Crippen molar-refractivity contribution in [3.63, 3.8) is 0 Å². The van der Waals surface area contributed by atoms with Crippen molar-refractivity contribution in [1.29, 1.82) is 0 Å². The Morgan fingerprint density at radius 2 is 2.18 bits per heavy atom. The fourth-order valence-corrected chi connectivity index (χ4v) is 1.85. The molecule has 0 radical (unpaired) electrons. The van der Waals surface area contributed by atoms with Gasteiger partial charge in [0.1, 0.15) is 0 Å². The van der Waals surface area contributed by atoms with E-state index in [1.165, 1.54) is 0 Å². The minimum Gasteiger partial charge on any atom is -0.479 e. The lowest BCUT2D eigenvalue weighted by Gasteiger charge is -2.14. The predicted octanol–water partition coefficient (Wildman–Crippen LogP) is 3.42. The van der Waals surface area contributed by atoms with Crippen LogP contribution in [-0.4, -0.2) is 23.8 Å². The molecule has 1 rings (SSSR count). The summed E-state index contributed by atoms with van der Waals surface area (Å²) in [6.07, 6.45) is 0.150.